The van der Waals surface area contributed by atoms with Gasteiger partial charge in [0.25, 0.3) is 5.91 Å². The maximum Gasteiger partial charge on any atom is 0.259 e. The number of para-hydroxylation sites is 1. The molecule has 1 aliphatic heterocycles. The predicted molar refractivity (Wildman–Crippen MR) is 87.9 cm³/mol. The van der Waals surface area contributed by atoms with Crippen molar-refractivity contribution in [2.24, 2.45) is 5.10 Å². The van der Waals surface area contributed by atoms with Gasteiger partial charge in [0.15, 0.2) is 11.5 Å². The minimum atomic E-state index is -0.214. The minimum absolute atomic E-state index is 0.155. The molecule has 2 aromatic rings. The van der Waals surface area contributed by atoms with E-state index in [9.17, 15) is 4.79 Å². The molecule has 0 aliphatic carbocycles. The van der Waals surface area contributed by atoms with Crippen LogP contribution in [0.15, 0.2) is 53.6 Å². The number of amides is 1. The summed E-state index contributed by atoms with van der Waals surface area (Å²) in [5.41, 5.74) is 4.98. The summed E-state index contributed by atoms with van der Waals surface area (Å²) in [5, 5.41) is 7.14. The summed E-state index contributed by atoms with van der Waals surface area (Å²) in [7, 11) is 0. The molecule has 6 nitrogen and oxygen atoms in total. The van der Waals surface area contributed by atoms with Gasteiger partial charge in [-0.1, -0.05) is 18.2 Å². The lowest BCUT2D eigenvalue weighted by Gasteiger charge is -2.06. The Morgan fingerprint density at radius 1 is 1.13 bits per heavy atom. The van der Waals surface area contributed by atoms with Crippen LogP contribution in [-0.4, -0.2) is 25.0 Å². The number of anilines is 1. The quantitative estimate of drug-likeness (QED) is 0.657. The third-order valence-electron chi connectivity index (χ3n) is 3.37. The number of fused-ring (bicyclic) bond motifs is 1. The van der Waals surface area contributed by atoms with Crippen LogP contribution in [-0.2, 0) is 4.79 Å². The molecule has 6 heteroatoms. The summed E-state index contributed by atoms with van der Waals surface area (Å²) in [6.45, 7) is 2.21. The van der Waals surface area contributed by atoms with Gasteiger partial charge in [0.2, 0.25) is 6.79 Å². The standard InChI is InChI=1S/C17H17N3O3/c1-12(13-7-8-15-16(9-13)23-11-22-15)19-20-17(21)10-18-14-5-3-2-4-6-14/h2-9,18H,10-11H2,1H3,(H,20,21). The number of ether oxygens (including phenoxy) is 2. The lowest BCUT2D eigenvalue weighted by molar-refractivity contribution is -0.119. The molecule has 0 unspecified atom stereocenters. The highest BCUT2D eigenvalue weighted by molar-refractivity contribution is 6.00. The Kier molecular flexibility index (Phi) is 4.42. The first-order valence-corrected chi connectivity index (χ1v) is 7.24. The molecule has 118 valence electrons. The average Bonchev–Trinajstić information content (AvgIpc) is 3.06. The second-order valence-corrected chi connectivity index (χ2v) is 5.02. The molecule has 0 spiro atoms. The molecule has 0 saturated heterocycles. The van der Waals surface area contributed by atoms with Crippen molar-refractivity contribution in [1.29, 1.82) is 0 Å². The summed E-state index contributed by atoms with van der Waals surface area (Å²) in [6, 6.07) is 15.1. The van der Waals surface area contributed by atoms with E-state index in [4.69, 9.17) is 9.47 Å². The number of rotatable bonds is 5. The van der Waals surface area contributed by atoms with Gasteiger partial charge in [0, 0.05) is 11.3 Å². The molecule has 1 amide bonds. The third kappa shape index (κ3) is 3.79. The maximum atomic E-state index is 11.8. The van der Waals surface area contributed by atoms with Gasteiger partial charge in [-0.3, -0.25) is 4.79 Å². The molecule has 1 aliphatic rings. The van der Waals surface area contributed by atoms with Gasteiger partial charge >= 0.3 is 0 Å². The Bertz CT molecular complexity index is 729. The van der Waals surface area contributed by atoms with Crippen molar-refractivity contribution >= 4 is 17.3 Å². The van der Waals surface area contributed by atoms with Gasteiger partial charge in [-0.25, -0.2) is 5.43 Å². The normalized spacial score (nSPS) is 12.8. The van der Waals surface area contributed by atoms with Crippen LogP contribution < -0.4 is 20.2 Å². The highest BCUT2D eigenvalue weighted by atomic mass is 16.7. The van der Waals surface area contributed by atoms with E-state index in [0.29, 0.717) is 11.5 Å². The van der Waals surface area contributed by atoms with Crippen LogP contribution in [0.25, 0.3) is 0 Å². The molecule has 0 radical (unpaired) electrons. The Balaban J connectivity index is 1.55. The molecule has 3 rings (SSSR count). The summed E-state index contributed by atoms with van der Waals surface area (Å²) in [6.07, 6.45) is 0. The number of carbonyl (C=O) groups excluding carboxylic acids is 1. The van der Waals surface area contributed by atoms with Crippen molar-refractivity contribution in [2.45, 2.75) is 6.92 Å². The fraction of sp³-hybridized carbons (Fsp3) is 0.176. The van der Waals surface area contributed by atoms with Gasteiger partial charge in [-0.05, 0) is 37.3 Å². The Labute approximate surface area is 134 Å². The topological polar surface area (TPSA) is 72.0 Å². The van der Waals surface area contributed by atoms with E-state index in [2.05, 4.69) is 15.8 Å². The van der Waals surface area contributed by atoms with E-state index in [0.717, 1.165) is 17.0 Å². The summed E-state index contributed by atoms with van der Waals surface area (Å²) in [5.74, 6) is 1.20. The zero-order chi connectivity index (χ0) is 16.1. The van der Waals surface area contributed by atoms with E-state index in [1.165, 1.54) is 0 Å². The first-order valence-electron chi connectivity index (χ1n) is 7.24. The van der Waals surface area contributed by atoms with Crippen LogP contribution in [0.2, 0.25) is 0 Å². The molecule has 2 N–H and O–H groups in total. The molecule has 2 aromatic carbocycles. The molecule has 0 saturated carbocycles. The molecule has 0 aromatic heterocycles. The summed E-state index contributed by atoms with van der Waals surface area (Å²) < 4.78 is 10.6. The summed E-state index contributed by atoms with van der Waals surface area (Å²) in [4.78, 5) is 11.8. The SMILES string of the molecule is CC(=NNC(=O)CNc1ccccc1)c1ccc2c(c1)OCO2. The largest absolute Gasteiger partial charge is 0.454 e. The summed E-state index contributed by atoms with van der Waals surface area (Å²) >= 11 is 0. The second-order valence-electron chi connectivity index (χ2n) is 5.02. The van der Waals surface area contributed by atoms with Crippen molar-refractivity contribution in [3.8, 4) is 11.5 Å². The fourth-order valence-corrected chi connectivity index (χ4v) is 2.11. The van der Waals surface area contributed by atoms with Crippen molar-refractivity contribution < 1.29 is 14.3 Å². The smallest absolute Gasteiger partial charge is 0.259 e. The highest BCUT2D eigenvalue weighted by Crippen LogP contribution is 2.32. The number of hydrogen-bond acceptors (Lipinski definition) is 5. The number of hydrogen-bond donors (Lipinski definition) is 2. The Morgan fingerprint density at radius 2 is 1.91 bits per heavy atom. The minimum Gasteiger partial charge on any atom is -0.454 e. The number of hydrazone groups is 1. The molecule has 23 heavy (non-hydrogen) atoms. The van der Waals surface area contributed by atoms with E-state index >= 15 is 0 Å². The van der Waals surface area contributed by atoms with Crippen LogP contribution in [0.3, 0.4) is 0 Å². The van der Waals surface area contributed by atoms with Crippen molar-refractivity contribution in [2.75, 3.05) is 18.7 Å². The van der Waals surface area contributed by atoms with Crippen LogP contribution in [0.5, 0.6) is 11.5 Å². The molecule has 0 bridgehead atoms. The fourth-order valence-electron chi connectivity index (χ4n) is 2.11. The predicted octanol–water partition coefficient (Wildman–Crippen LogP) is 2.37. The van der Waals surface area contributed by atoms with Crippen LogP contribution in [0.4, 0.5) is 5.69 Å². The molecular formula is C17H17N3O3. The van der Waals surface area contributed by atoms with E-state index in [1.807, 2.05) is 55.5 Å². The molecule has 0 atom stereocenters. The second kappa shape index (κ2) is 6.83. The molecular weight excluding hydrogens is 294 g/mol. The average molecular weight is 311 g/mol. The first-order chi connectivity index (χ1) is 11.2. The Hall–Kier alpha value is -3.02. The van der Waals surface area contributed by atoms with Crippen molar-refractivity contribution in [3.63, 3.8) is 0 Å². The van der Waals surface area contributed by atoms with Gasteiger partial charge in [0.05, 0.1) is 12.3 Å². The third-order valence-corrected chi connectivity index (χ3v) is 3.37. The van der Waals surface area contributed by atoms with Gasteiger partial charge in [-0.15, -0.1) is 0 Å². The first kappa shape index (κ1) is 14.9. The maximum absolute atomic E-state index is 11.8. The van der Waals surface area contributed by atoms with E-state index < -0.39 is 0 Å². The number of carbonyl (C=O) groups is 1. The van der Waals surface area contributed by atoms with Gasteiger partial charge < -0.3 is 14.8 Å². The lowest BCUT2D eigenvalue weighted by atomic mass is 10.1. The number of nitrogens with one attached hydrogen (secondary N) is 2. The molecule has 0 fully saturated rings. The highest BCUT2D eigenvalue weighted by Gasteiger charge is 2.14. The van der Waals surface area contributed by atoms with Gasteiger partial charge in [-0.2, -0.15) is 5.10 Å². The number of benzene rings is 2. The lowest BCUT2D eigenvalue weighted by Crippen LogP contribution is -2.26. The van der Waals surface area contributed by atoms with E-state index in [-0.39, 0.29) is 19.2 Å². The van der Waals surface area contributed by atoms with Crippen molar-refractivity contribution in [3.05, 3.63) is 54.1 Å². The Morgan fingerprint density at radius 3 is 2.74 bits per heavy atom. The monoisotopic (exact) mass is 311 g/mol. The molecule has 1 heterocycles. The van der Waals surface area contributed by atoms with Crippen LogP contribution in [0.1, 0.15) is 12.5 Å². The van der Waals surface area contributed by atoms with Crippen LogP contribution in [0, 0.1) is 0 Å². The zero-order valence-electron chi connectivity index (χ0n) is 12.7. The van der Waals surface area contributed by atoms with Crippen LogP contribution >= 0.6 is 0 Å². The zero-order valence-corrected chi connectivity index (χ0v) is 12.7. The van der Waals surface area contributed by atoms with E-state index in [1.54, 1.807) is 0 Å². The van der Waals surface area contributed by atoms with Crippen molar-refractivity contribution in [1.82, 2.24) is 5.43 Å². The number of nitrogens with zero attached hydrogens (tertiary/aromatic N) is 1. The van der Waals surface area contributed by atoms with Gasteiger partial charge in [0.1, 0.15) is 0 Å².